The maximum atomic E-state index is 12.2. The van der Waals surface area contributed by atoms with Gasteiger partial charge in [-0.25, -0.2) is 4.99 Å². The molecule has 0 aliphatic heterocycles. The normalized spacial score (nSPS) is 14.1. The van der Waals surface area contributed by atoms with Gasteiger partial charge in [0.05, 0.1) is 13.7 Å². The predicted octanol–water partition coefficient (Wildman–Crippen LogP) is 3.69. The highest BCUT2D eigenvalue weighted by atomic mass is 16.5. The van der Waals surface area contributed by atoms with Crippen molar-refractivity contribution in [3.05, 3.63) is 59.7 Å². The van der Waals surface area contributed by atoms with Gasteiger partial charge < -0.3 is 20.7 Å². The van der Waals surface area contributed by atoms with Crippen molar-refractivity contribution in [1.29, 1.82) is 0 Å². The number of guanidine groups is 1. The molecule has 1 saturated carbocycles. The lowest BCUT2D eigenvalue weighted by Crippen LogP contribution is -2.36. The van der Waals surface area contributed by atoms with Crippen LogP contribution in [0.2, 0.25) is 0 Å². The van der Waals surface area contributed by atoms with E-state index in [1.807, 2.05) is 55.5 Å². The predicted molar refractivity (Wildman–Crippen MR) is 117 cm³/mol. The minimum atomic E-state index is 0.128. The number of anilines is 1. The summed E-state index contributed by atoms with van der Waals surface area (Å²) in [5.74, 6) is 1.90. The molecule has 0 saturated heterocycles. The van der Waals surface area contributed by atoms with Gasteiger partial charge in [-0.3, -0.25) is 4.79 Å². The molecular formula is C23H30N4O2. The van der Waals surface area contributed by atoms with Crippen molar-refractivity contribution in [2.45, 2.75) is 39.3 Å². The largest absolute Gasteiger partial charge is 0.496 e. The van der Waals surface area contributed by atoms with Gasteiger partial charge in [0.25, 0.3) is 0 Å². The highest BCUT2D eigenvalue weighted by Gasteiger charge is 2.25. The van der Waals surface area contributed by atoms with Crippen molar-refractivity contribution < 1.29 is 9.53 Å². The SMILES string of the molecule is CCNC(=NCc1cccc(NC(=O)C2CCC2)c1)NCc1ccccc1OC. The van der Waals surface area contributed by atoms with E-state index in [9.17, 15) is 4.79 Å². The number of carbonyl (C=O) groups excluding carboxylic acids is 1. The van der Waals surface area contributed by atoms with Gasteiger partial charge in [0.15, 0.2) is 5.96 Å². The average Bonchev–Trinajstić information content (AvgIpc) is 2.69. The lowest BCUT2D eigenvalue weighted by atomic mass is 9.85. The van der Waals surface area contributed by atoms with Crippen LogP contribution >= 0.6 is 0 Å². The zero-order chi connectivity index (χ0) is 20.5. The lowest BCUT2D eigenvalue weighted by Gasteiger charge is -2.24. The number of hydrogen-bond donors (Lipinski definition) is 3. The number of ether oxygens (including phenoxy) is 1. The van der Waals surface area contributed by atoms with E-state index in [0.717, 1.165) is 54.3 Å². The van der Waals surface area contributed by atoms with Crippen molar-refractivity contribution in [2.24, 2.45) is 10.9 Å². The number of benzene rings is 2. The van der Waals surface area contributed by atoms with Crippen LogP contribution in [0.4, 0.5) is 5.69 Å². The number of methoxy groups -OCH3 is 1. The highest BCUT2D eigenvalue weighted by molar-refractivity contribution is 5.93. The molecule has 6 heteroatoms. The van der Waals surface area contributed by atoms with Crippen molar-refractivity contribution >= 4 is 17.6 Å². The molecule has 29 heavy (non-hydrogen) atoms. The molecule has 2 aromatic carbocycles. The topological polar surface area (TPSA) is 74.8 Å². The Labute approximate surface area is 172 Å². The first-order valence-electron chi connectivity index (χ1n) is 10.2. The van der Waals surface area contributed by atoms with Gasteiger partial charge in [-0.1, -0.05) is 36.8 Å². The molecule has 0 heterocycles. The maximum Gasteiger partial charge on any atom is 0.227 e. The Morgan fingerprint density at radius 2 is 1.97 bits per heavy atom. The summed E-state index contributed by atoms with van der Waals surface area (Å²) < 4.78 is 5.41. The number of amides is 1. The molecular weight excluding hydrogens is 364 g/mol. The fourth-order valence-electron chi connectivity index (χ4n) is 3.20. The van der Waals surface area contributed by atoms with E-state index in [1.165, 1.54) is 0 Å². The maximum absolute atomic E-state index is 12.2. The molecule has 6 nitrogen and oxygen atoms in total. The van der Waals surface area contributed by atoms with Gasteiger partial charge in [0, 0.05) is 30.3 Å². The molecule has 0 aromatic heterocycles. The smallest absolute Gasteiger partial charge is 0.227 e. The van der Waals surface area contributed by atoms with E-state index >= 15 is 0 Å². The Balaban J connectivity index is 1.60. The summed E-state index contributed by atoms with van der Waals surface area (Å²) in [6, 6.07) is 15.8. The monoisotopic (exact) mass is 394 g/mol. The molecule has 0 unspecified atom stereocenters. The fourth-order valence-corrected chi connectivity index (χ4v) is 3.20. The first kappa shape index (κ1) is 20.7. The number of carbonyl (C=O) groups is 1. The molecule has 0 bridgehead atoms. The average molecular weight is 395 g/mol. The van der Waals surface area contributed by atoms with E-state index in [-0.39, 0.29) is 11.8 Å². The van der Waals surface area contributed by atoms with Gasteiger partial charge in [0.1, 0.15) is 5.75 Å². The van der Waals surface area contributed by atoms with Crippen molar-refractivity contribution in [1.82, 2.24) is 10.6 Å². The number of aliphatic imine (C=N–C) groups is 1. The van der Waals surface area contributed by atoms with Crippen LogP contribution in [0.25, 0.3) is 0 Å². The van der Waals surface area contributed by atoms with Crippen LogP contribution in [-0.4, -0.2) is 25.5 Å². The molecule has 1 aliphatic rings. The molecule has 0 radical (unpaired) electrons. The molecule has 3 N–H and O–H groups in total. The second kappa shape index (κ2) is 10.5. The quantitative estimate of drug-likeness (QED) is 0.472. The van der Waals surface area contributed by atoms with E-state index in [4.69, 9.17) is 4.74 Å². The van der Waals surface area contributed by atoms with Gasteiger partial charge >= 0.3 is 0 Å². The summed E-state index contributed by atoms with van der Waals surface area (Å²) >= 11 is 0. The van der Waals surface area contributed by atoms with Crippen molar-refractivity contribution in [3.8, 4) is 5.75 Å². The van der Waals surface area contributed by atoms with Crippen molar-refractivity contribution in [2.75, 3.05) is 19.0 Å². The van der Waals surface area contributed by atoms with Gasteiger partial charge in [-0.05, 0) is 43.5 Å². The second-order valence-corrected chi connectivity index (χ2v) is 7.18. The minimum Gasteiger partial charge on any atom is -0.496 e. The second-order valence-electron chi connectivity index (χ2n) is 7.18. The number of para-hydroxylation sites is 1. The third-order valence-electron chi connectivity index (χ3n) is 5.07. The summed E-state index contributed by atoms with van der Waals surface area (Å²) in [7, 11) is 1.68. The van der Waals surface area contributed by atoms with E-state index < -0.39 is 0 Å². The van der Waals surface area contributed by atoms with Crippen LogP contribution in [0.5, 0.6) is 5.75 Å². The van der Waals surface area contributed by atoms with E-state index in [1.54, 1.807) is 7.11 Å². The molecule has 1 aliphatic carbocycles. The zero-order valence-corrected chi connectivity index (χ0v) is 17.2. The molecule has 1 amide bonds. The first-order valence-corrected chi connectivity index (χ1v) is 10.2. The number of nitrogens with zero attached hydrogens (tertiary/aromatic N) is 1. The zero-order valence-electron chi connectivity index (χ0n) is 17.2. The first-order chi connectivity index (χ1) is 14.2. The molecule has 0 spiro atoms. The Morgan fingerprint density at radius 3 is 2.69 bits per heavy atom. The summed E-state index contributed by atoms with van der Waals surface area (Å²) in [5, 5.41) is 9.64. The summed E-state index contributed by atoms with van der Waals surface area (Å²) in [6.07, 6.45) is 3.15. The Hall–Kier alpha value is -3.02. The van der Waals surface area contributed by atoms with Crippen LogP contribution in [0.1, 0.15) is 37.3 Å². The van der Waals surface area contributed by atoms with Crippen LogP contribution < -0.4 is 20.7 Å². The van der Waals surface area contributed by atoms with Crippen LogP contribution in [0.15, 0.2) is 53.5 Å². The van der Waals surface area contributed by atoms with Crippen LogP contribution in [0, 0.1) is 5.92 Å². The number of hydrogen-bond acceptors (Lipinski definition) is 3. The molecule has 2 aromatic rings. The van der Waals surface area contributed by atoms with Gasteiger partial charge in [-0.15, -0.1) is 0 Å². The summed E-state index contributed by atoms with van der Waals surface area (Å²) in [4.78, 5) is 16.8. The van der Waals surface area contributed by atoms with Crippen LogP contribution in [-0.2, 0) is 17.9 Å². The standard InChI is InChI=1S/C23H30N4O2/c1-3-24-23(26-16-19-9-4-5-13-21(19)29-2)25-15-17-8-6-12-20(14-17)27-22(28)18-10-7-11-18/h4-6,8-9,12-14,18H,3,7,10-11,15-16H2,1-2H3,(H,27,28)(H2,24,25,26). The third kappa shape index (κ3) is 5.98. The number of rotatable bonds is 8. The molecule has 3 rings (SSSR count). The minimum absolute atomic E-state index is 0.128. The molecule has 1 fully saturated rings. The Morgan fingerprint density at radius 1 is 1.14 bits per heavy atom. The van der Waals surface area contributed by atoms with Gasteiger partial charge in [0.2, 0.25) is 5.91 Å². The van der Waals surface area contributed by atoms with Gasteiger partial charge in [-0.2, -0.15) is 0 Å². The fraction of sp³-hybridized carbons (Fsp3) is 0.391. The Kier molecular flexibility index (Phi) is 7.50. The van der Waals surface area contributed by atoms with Crippen molar-refractivity contribution in [3.63, 3.8) is 0 Å². The number of nitrogens with one attached hydrogen (secondary N) is 3. The lowest BCUT2D eigenvalue weighted by molar-refractivity contribution is -0.122. The Bertz CT molecular complexity index is 846. The highest BCUT2D eigenvalue weighted by Crippen LogP contribution is 2.27. The molecule has 154 valence electrons. The van der Waals surface area contributed by atoms with E-state index in [2.05, 4.69) is 20.9 Å². The third-order valence-corrected chi connectivity index (χ3v) is 5.07. The van der Waals surface area contributed by atoms with E-state index in [0.29, 0.717) is 13.1 Å². The summed E-state index contributed by atoms with van der Waals surface area (Å²) in [5.41, 5.74) is 2.95. The van der Waals surface area contributed by atoms with Crippen LogP contribution in [0.3, 0.4) is 0 Å². The summed E-state index contributed by atoms with van der Waals surface area (Å²) in [6.45, 7) is 3.95. The molecule has 0 atom stereocenters.